The zero-order valence-corrected chi connectivity index (χ0v) is 23.1. The van der Waals surface area contributed by atoms with Crippen LogP contribution in [0.1, 0.15) is 41.5 Å². The van der Waals surface area contributed by atoms with E-state index in [9.17, 15) is 44.6 Å². The summed E-state index contributed by atoms with van der Waals surface area (Å²) in [6.45, 7) is -2.00. The molecule has 15 heteroatoms. The number of hydrogen-bond donors (Lipinski definition) is 2. The lowest BCUT2D eigenvalue weighted by molar-refractivity contribution is -0.179. The number of halogens is 9. The monoisotopic (exact) mass is 636 g/mol. The predicted molar refractivity (Wildman–Crippen MR) is 145 cm³/mol. The van der Waals surface area contributed by atoms with Gasteiger partial charge in [-0.1, -0.05) is 36.4 Å². The highest BCUT2D eigenvalue weighted by Gasteiger charge is 2.52. The van der Waals surface area contributed by atoms with Crippen molar-refractivity contribution in [2.45, 2.75) is 56.9 Å². The molecule has 2 atom stereocenters. The van der Waals surface area contributed by atoms with E-state index in [4.69, 9.17) is 4.74 Å². The van der Waals surface area contributed by atoms with Gasteiger partial charge in [-0.2, -0.15) is 44.6 Å². The fourth-order valence-electron chi connectivity index (χ4n) is 4.89. The molecule has 4 rings (SSSR count). The number of aliphatic hydroxyl groups is 1. The third-order valence-electron chi connectivity index (χ3n) is 6.96. The number of allylic oxidation sites excluding steroid dienone is 1. The number of ether oxygens (including phenoxy) is 1. The van der Waals surface area contributed by atoms with Crippen molar-refractivity contribution in [3.63, 3.8) is 0 Å². The van der Waals surface area contributed by atoms with Crippen LogP contribution in [0.2, 0.25) is 0 Å². The van der Waals surface area contributed by atoms with Crippen molar-refractivity contribution in [3.8, 4) is 5.75 Å². The van der Waals surface area contributed by atoms with Crippen molar-refractivity contribution >= 4 is 17.7 Å². The first-order valence-corrected chi connectivity index (χ1v) is 13.6. The summed E-state index contributed by atoms with van der Waals surface area (Å²) in [4.78, 5) is 4.27. The molecular weight excluding hydrogens is 607 g/mol. The van der Waals surface area contributed by atoms with E-state index in [1.807, 2.05) is 0 Å². The third-order valence-corrected chi connectivity index (χ3v) is 6.96. The lowest BCUT2D eigenvalue weighted by atomic mass is 10.0. The molecule has 0 fully saturated rings. The van der Waals surface area contributed by atoms with Gasteiger partial charge in [-0.3, -0.25) is 0 Å². The number of aliphatic imine (C=N–C) groups is 1. The van der Waals surface area contributed by atoms with Crippen LogP contribution >= 0.6 is 0 Å². The maximum absolute atomic E-state index is 14.0. The van der Waals surface area contributed by atoms with Crippen LogP contribution in [0.15, 0.2) is 58.6 Å². The van der Waals surface area contributed by atoms with Gasteiger partial charge in [0, 0.05) is 18.2 Å². The molecule has 240 valence electrons. The van der Waals surface area contributed by atoms with Gasteiger partial charge in [0.15, 0.2) is 6.04 Å². The fourth-order valence-corrected chi connectivity index (χ4v) is 4.89. The number of para-hydroxylation sites is 1. The van der Waals surface area contributed by atoms with Crippen LogP contribution in [0.5, 0.6) is 5.75 Å². The highest BCUT2D eigenvalue weighted by atomic mass is 19.4. The molecule has 44 heavy (non-hydrogen) atoms. The van der Waals surface area contributed by atoms with Crippen molar-refractivity contribution < 1.29 is 49.4 Å². The molecule has 2 aliphatic rings. The molecule has 0 amide bonds. The van der Waals surface area contributed by atoms with Gasteiger partial charge in [0.1, 0.15) is 18.2 Å². The number of nitrogens with zero attached hydrogens (tertiary/aromatic N) is 3. The lowest BCUT2D eigenvalue weighted by Crippen LogP contribution is -2.48. The molecule has 0 radical (unpaired) electrons. The van der Waals surface area contributed by atoms with Crippen LogP contribution in [0.25, 0.3) is 5.70 Å². The van der Waals surface area contributed by atoms with Gasteiger partial charge in [-0.15, -0.1) is 0 Å². The van der Waals surface area contributed by atoms with E-state index in [0.29, 0.717) is 23.4 Å². The van der Waals surface area contributed by atoms with Crippen LogP contribution < -0.4 is 10.1 Å². The summed E-state index contributed by atoms with van der Waals surface area (Å²) in [5.41, 5.74) is 0.172. The van der Waals surface area contributed by atoms with Crippen LogP contribution in [0.4, 0.5) is 39.5 Å². The number of aliphatic hydroxyl groups excluding tert-OH is 1. The Hall–Kier alpha value is -3.59. The summed E-state index contributed by atoms with van der Waals surface area (Å²) < 4.78 is 126. The van der Waals surface area contributed by atoms with Crippen molar-refractivity contribution in [2.75, 3.05) is 19.7 Å². The average molecular weight is 637 g/mol. The summed E-state index contributed by atoms with van der Waals surface area (Å²) in [5.74, 6) is -1.97. The number of aryl methyl sites for hydroxylation is 1. The molecular formula is C29H29F9N4O2. The Kier molecular flexibility index (Phi) is 10.3. The van der Waals surface area contributed by atoms with Crippen LogP contribution in [0.3, 0.4) is 0 Å². The van der Waals surface area contributed by atoms with Crippen LogP contribution in [-0.2, 0) is 19.2 Å². The van der Waals surface area contributed by atoms with Crippen molar-refractivity contribution in [2.24, 2.45) is 16.0 Å². The maximum Gasteiger partial charge on any atom is 0.419 e. The fraction of sp³-hybridized carbons (Fsp3) is 0.448. The molecule has 2 aromatic rings. The molecule has 2 aromatic carbocycles. The molecule has 0 saturated heterocycles. The second-order valence-corrected chi connectivity index (χ2v) is 10.3. The zero-order valence-electron chi connectivity index (χ0n) is 23.1. The number of alkyl halides is 9. The Labute approximate surface area is 246 Å². The van der Waals surface area contributed by atoms with E-state index < -0.39 is 55.0 Å². The number of amidine groups is 1. The van der Waals surface area contributed by atoms with E-state index in [-0.39, 0.29) is 43.1 Å². The third kappa shape index (κ3) is 8.52. The normalized spacial score (nSPS) is 19.3. The molecule has 2 N–H and O–H groups in total. The molecule has 0 aromatic heterocycles. The number of nitrogens with one attached hydrogen (secondary N) is 1. The van der Waals surface area contributed by atoms with E-state index in [0.717, 1.165) is 23.9 Å². The summed E-state index contributed by atoms with van der Waals surface area (Å²) in [6, 6.07) is 7.82. The Morgan fingerprint density at radius 2 is 1.66 bits per heavy atom. The summed E-state index contributed by atoms with van der Waals surface area (Å²) >= 11 is 0. The second-order valence-electron chi connectivity index (χ2n) is 10.3. The van der Waals surface area contributed by atoms with Gasteiger partial charge >= 0.3 is 18.5 Å². The van der Waals surface area contributed by atoms with E-state index in [2.05, 4.69) is 15.4 Å². The van der Waals surface area contributed by atoms with Gasteiger partial charge in [0.25, 0.3) is 0 Å². The van der Waals surface area contributed by atoms with Gasteiger partial charge in [-0.05, 0) is 49.1 Å². The minimum Gasteiger partial charge on any atom is -0.488 e. The largest absolute Gasteiger partial charge is 0.488 e. The summed E-state index contributed by atoms with van der Waals surface area (Å²) in [5, 5.41) is 16.2. The van der Waals surface area contributed by atoms with Crippen molar-refractivity contribution in [1.29, 1.82) is 0 Å². The molecule has 0 saturated carbocycles. The van der Waals surface area contributed by atoms with Crippen molar-refractivity contribution in [3.05, 3.63) is 70.8 Å². The first-order chi connectivity index (χ1) is 20.7. The van der Waals surface area contributed by atoms with Gasteiger partial charge < -0.3 is 15.2 Å². The minimum atomic E-state index is -4.81. The number of hydrogen-bond acceptors (Lipinski definition) is 6. The van der Waals surface area contributed by atoms with E-state index >= 15 is 0 Å². The number of benzene rings is 2. The van der Waals surface area contributed by atoms with Gasteiger partial charge in [0.2, 0.25) is 0 Å². The van der Waals surface area contributed by atoms with Gasteiger partial charge in [-0.25, -0.2) is 10.0 Å². The summed E-state index contributed by atoms with van der Waals surface area (Å²) in [7, 11) is 0. The molecule has 0 spiro atoms. The van der Waals surface area contributed by atoms with Crippen LogP contribution in [-0.4, -0.2) is 60.3 Å². The first kappa shape index (κ1) is 33.3. The topological polar surface area (TPSA) is 69.5 Å². The highest BCUT2D eigenvalue weighted by molar-refractivity contribution is 5.92. The quantitative estimate of drug-likeness (QED) is 0.224. The Balaban J connectivity index is 1.52. The molecule has 2 unspecified atom stereocenters. The van der Waals surface area contributed by atoms with E-state index in [1.165, 1.54) is 12.1 Å². The lowest BCUT2D eigenvalue weighted by Gasteiger charge is -2.30. The molecule has 2 heterocycles. The SMILES string of the molecule is OCC1C=NN(C2=NC(c3cccc(C(F)(F)F)c3OCc3ccc(CCCNCC(F)(F)F)cc3)=CCC2)C1C(F)(F)F. The molecule has 6 nitrogen and oxygen atoms in total. The Morgan fingerprint density at radius 3 is 2.30 bits per heavy atom. The predicted octanol–water partition coefficient (Wildman–Crippen LogP) is 6.74. The Morgan fingerprint density at radius 1 is 0.955 bits per heavy atom. The number of hydrazone groups is 1. The minimum absolute atomic E-state index is 0.00889. The average Bonchev–Trinajstić information content (AvgIpc) is 3.41. The molecule has 0 bridgehead atoms. The van der Waals surface area contributed by atoms with Crippen LogP contribution in [0, 0.1) is 5.92 Å². The Bertz CT molecular complexity index is 1370. The second kappa shape index (κ2) is 13.6. The number of rotatable bonds is 10. The van der Waals surface area contributed by atoms with Gasteiger partial charge in [0.05, 0.1) is 30.3 Å². The standard InChI is InChI=1S/C29H29F9N4O2/c30-27(31,32)17-39-13-3-4-18-9-11-19(12-10-18)16-44-25-21(5-1-6-22(25)28(33,34)35)23-7-2-8-24(41-23)42-26(29(36,37)38)20(15-43)14-40-42/h1,5-7,9-12,14,20,26,39,43H,2-4,8,13,15-17H2. The smallest absolute Gasteiger partial charge is 0.419 e. The molecule has 2 aliphatic heterocycles. The maximum atomic E-state index is 14.0. The molecule has 0 aliphatic carbocycles. The van der Waals surface area contributed by atoms with E-state index in [1.54, 1.807) is 24.3 Å². The first-order valence-electron chi connectivity index (χ1n) is 13.6. The highest BCUT2D eigenvalue weighted by Crippen LogP contribution is 2.42. The zero-order chi connectivity index (χ0) is 32.1. The summed E-state index contributed by atoms with van der Waals surface area (Å²) in [6.07, 6.45) is -10.2. The van der Waals surface area contributed by atoms with Crippen molar-refractivity contribution in [1.82, 2.24) is 10.3 Å².